The van der Waals surface area contributed by atoms with Crippen LogP contribution in [-0.2, 0) is 17.9 Å². The first kappa shape index (κ1) is 21.1. The van der Waals surface area contributed by atoms with Gasteiger partial charge in [0.15, 0.2) is 0 Å². The van der Waals surface area contributed by atoms with Gasteiger partial charge in [-0.05, 0) is 68.2 Å². The maximum atomic E-state index is 12.6. The van der Waals surface area contributed by atoms with Crippen molar-refractivity contribution in [2.24, 2.45) is 5.92 Å². The van der Waals surface area contributed by atoms with Crippen LogP contribution in [0.4, 0.5) is 0 Å². The second kappa shape index (κ2) is 9.75. The van der Waals surface area contributed by atoms with Gasteiger partial charge in [-0.1, -0.05) is 29.4 Å². The van der Waals surface area contributed by atoms with Crippen LogP contribution in [0.2, 0.25) is 0 Å². The van der Waals surface area contributed by atoms with Crippen molar-refractivity contribution in [3.63, 3.8) is 0 Å². The summed E-state index contributed by atoms with van der Waals surface area (Å²) in [6.45, 7) is 4.92. The minimum Gasteiger partial charge on any atom is -0.497 e. The van der Waals surface area contributed by atoms with E-state index in [4.69, 9.17) is 9.26 Å². The molecule has 1 aliphatic rings. The van der Waals surface area contributed by atoms with Crippen molar-refractivity contribution >= 4 is 5.91 Å². The van der Waals surface area contributed by atoms with Gasteiger partial charge in [0, 0.05) is 18.0 Å². The minimum atomic E-state index is 0.0535. The van der Waals surface area contributed by atoms with Crippen LogP contribution in [0.5, 0.6) is 5.75 Å². The molecule has 0 atom stereocenters. The van der Waals surface area contributed by atoms with E-state index in [-0.39, 0.29) is 11.8 Å². The number of likely N-dealkylation sites (tertiary alicyclic amines) is 1. The number of rotatable bonds is 7. The molecule has 1 N–H and O–H groups in total. The van der Waals surface area contributed by atoms with E-state index in [9.17, 15) is 4.79 Å². The van der Waals surface area contributed by atoms with Crippen LogP contribution in [0.15, 0.2) is 53.1 Å². The van der Waals surface area contributed by atoms with Crippen LogP contribution < -0.4 is 10.1 Å². The summed E-state index contributed by atoms with van der Waals surface area (Å²) in [5, 5.41) is 7.19. The number of piperidine rings is 1. The lowest BCUT2D eigenvalue weighted by molar-refractivity contribution is -0.126. The molecule has 2 heterocycles. The standard InChI is InChI=1S/C24H28N4O3/c1-17-5-3-4-6-20(17)15-25-24(29)19-11-13-28(14-12-19)16-22-26-23(27-31-22)18-7-9-21(30-2)10-8-18/h3-10,19H,11-16H2,1-2H3,(H,25,29). The van der Waals surface area contributed by atoms with Crippen LogP contribution in [0.3, 0.4) is 0 Å². The maximum Gasteiger partial charge on any atom is 0.241 e. The van der Waals surface area contributed by atoms with Crippen molar-refractivity contribution in [1.82, 2.24) is 20.4 Å². The normalized spacial score (nSPS) is 15.0. The van der Waals surface area contributed by atoms with Crippen molar-refractivity contribution in [3.05, 3.63) is 65.5 Å². The number of amides is 1. The summed E-state index contributed by atoms with van der Waals surface area (Å²) in [5.41, 5.74) is 3.25. The molecule has 0 radical (unpaired) electrons. The SMILES string of the molecule is COc1ccc(-c2noc(CN3CCC(C(=O)NCc4ccccc4C)CC3)n2)cc1. The molecule has 162 valence electrons. The molecule has 0 unspecified atom stereocenters. The van der Waals surface area contributed by atoms with Crippen LogP contribution >= 0.6 is 0 Å². The molecule has 1 saturated heterocycles. The molecular formula is C24H28N4O3. The highest BCUT2D eigenvalue weighted by molar-refractivity contribution is 5.78. The first-order valence-corrected chi connectivity index (χ1v) is 10.6. The third kappa shape index (κ3) is 5.30. The average Bonchev–Trinajstić information content (AvgIpc) is 3.27. The van der Waals surface area contributed by atoms with Crippen molar-refractivity contribution in [2.45, 2.75) is 32.9 Å². The van der Waals surface area contributed by atoms with E-state index in [1.54, 1.807) is 7.11 Å². The molecule has 1 fully saturated rings. The molecule has 0 bridgehead atoms. The Morgan fingerprint density at radius 3 is 2.61 bits per heavy atom. The molecule has 0 spiro atoms. The third-order valence-electron chi connectivity index (χ3n) is 5.85. The van der Waals surface area contributed by atoms with E-state index in [1.165, 1.54) is 5.56 Å². The molecule has 7 heteroatoms. The van der Waals surface area contributed by atoms with Gasteiger partial charge in [0.2, 0.25) is 17.6 Å². The number of methoxy groups -OCH3 is 1. The maximum absolute atomic E-state index is 12.6. The summed E-state index contributed by atoms with van der Waals surface area (Å²) < 4.78 is 10.6. The number of aromatic nitrogens is 2. The number of nitrogens with zero attached hydrogens (tertiary/aromatic N) is 3. The Kier molecular flexibility index (Phi) is 6.62. The molecule has 1 aliphatic heterocycles. The van der Waals surface area contributed by atoms with Gasteiger partial charge in [-0.25, -0.2) is 0 Å². The molecule has 4 rings (SSSR count). The predicted molar refractivity (Wildman–Crippen MR) is 117 cm³/mol. The highest BCUT2D eigenvalue weighted by atomic mass is 16.5. The van der Waals surface area contributed by atoms with Gasteiger partial charge in [0.1, 0.15) is 5.75 Å². The fraction of sp³-hybridized carbons (Fsp3) is 0.375. The summed E-state index contributed by atoms with van der Waals surface area (Å²) >= 11 is 0. The Morgan fingerprint density at radius 2 is 1.90 bits per heavy atom. The van der Waals surface area contributed by atoms with E-state index in [0.29, 0.717) is 24.8 Å². The van der Waals surface area contributed by atoms with Gasteiger partial charge in [0.05, 0.1) is 13.7 Å². The summed E-state index contributed by atoms with van der Waals surface area (Å²) in [7, 11) is 1.64. The Hall–Kier alpha value is -3.19. The Morgan fingerprint density at radius 1 is 1.16 bits per heavy atom. The number of aryl methyl sites for hydroxylation is 1. The molecule has 31 heavy (non-hydrogen) atoms. The molecule has 0 saturated carbocycles. The zero-order chi connectivity index (χ0) is 21.6. The van der Waals surface area contributed by atoms with Gasteiger partial charge in [-0.3, -0.25) is 9.69 Å². The highest BCUT2D eigenvalue weighted by Gasteiger charge is 2.26. The lowest BCUT2D eigenvalue weighted by Gasteiger charge is -2.30. The molecule has 0 aliphatic carbocycles. The van der Waals surface area contributed by atoms with Crippen LogP contribution in [0, 0.1) is 12.8 Å². The van der Waals surface area contributed by atoms with Crippen molar-refractivity contribution < 1.29 is 14.1 Å². The van der Waals surface area contributed by atoms with Gasteiger partial charge >= 0.3 is 0 Å². The second-order valence-electron chi connectivity index (χ2n) is 7.93. The summed E-state index contributed by atoms with van der Waals surface area (Å²) in [4.78, 5) is 19.4. The van der Waals surface area contributed by atoms with Crippen molar-refractivity contribution in [3.8, 4) is 17.1 Å². The number of benzene rings is 2. The summed E-state index contributed by atoms with van der Waals surface area (Å²) in [6.07, 6.45) is 1.66. The Bertz CT molecular complexity index is 1010. The first-order valence-electron chi connectivity index (χ1n) is 10.6. The molecular weight excluding hydrogens is 392 g/mol. The average molecular weight is 421 g/mol. The topological polar surface area (TPSA) is 80.5 Å². The molecule has 3 aromatic rings. The van der Waals surface area contributed by atoms with E-state index in [0.717, 1.165) is 42.8 Å². The molecule has 1 amide bonds. The van der Waals surface area contributed by atoms with E-state index in [1.807, 2.05) is 36.4 Å². The fourth-order valence-electron chi connectivity index (χ4n) is 3.86. The number of carbonyl (C=O) groups excluding carboxylic acids is 1. The number of hydrogen-bond acceptors (Lipinski definition) is 6. The Balaban J connectivity index is 1.25. The number of ether oxygens (including phenoxy) is 1. The van der Waals surface area contributed by atoms with E-state index in [2.05, 4.69) is 39.4 Å². The van der Waals surface area contributed by atoms with Gasteiger partial charge in [0.25, 0.3) is 0 Å². The summed E-state index contributed by atoms with van der Waals surface area (Å²) in [5.74, 6) is 2.15. The Labute approximate surface area is 182 Å². The smallest absolute Gasteiger partial charge is 0.241 e. The predicted octanol–water partition coefficient (Wildman–Crippen LogP) is 3.58. The van der Waals surface area contributed by atoms with E-state index >= 15 is 0 Å². The zero-order valence-electron chi connectivity index (χ0n) is 18.0. The molecule has 7 nitrogen and oxygen atoms in total. The number of carbonyl (C=O) groups is 1. The van der Waals surface area contributed by atoms with Crippen LogP contribution in [-0.4, -0.2) is 41.1 Å². The molecule has 1 aromatic heterocycles. The summed E-state index contributed by atoms with van der Waals surface area (Å²) in [6, 6.07) is 15.7. The second-order valence-corrected chi connectivity index (χ2v) is 7.93. The van der Waals surface area contributed by atoms with Crippen LogP contribution in [0.25, 0.3) is 11.4 Å². The largest absolute Gasteiger partial charge is 0.497 e. The first-order chi connectivity index (χ1) is 15.1. The van der Waals surface area contributed by atoms with E-state index < -0.39 is 0 Å². The van der Waals surface area contributed by atoms with Gasteiger partial charge < -0.3 is 14.6 Å². The monoisotopic (exact) mass is 420 g/mol. The quantitative estimate of drug-likeness (QED) is 0.629. The van der Waals surface area contributed by atoms with Crippen LogP contribution in [0.1, 0.15) is 29.9 Å². The zero-order valence-corrected chi connectivity index (χ0v) is 18.0. The number of nitrogens with one attached hydrogen (secondary N) is 1. The lowest BCUT2D eigenvalue weighted by atomic mass is 9.95. The fourth-order valence-corrected chi connectivity index (χ4v) is 3.86. The molecule has 2 aromatic carbocycles. The minimum absolute atomic E-state index is 0.0535. The lowest BCUT2D eigenvalue weighted by Crippen LogP contribution is -2.40. The van der Waals surface area contributed by atoms with Gasteiger partial charge in [-0.15, -0.1) is 0 Å². The van der Waals surface area contributed by atoms with Crippen molar-refractivity contribution in [1.29, 1.82) is 0 Å². The highest BCUT2D eigenvalue weighted by Crippen LogP contribution is 2.22. The van der Waals surface area contributed by atoms with Gasteiger partial charge in [-0.2, -0.15) is 4.98 Å². The van der Waals surface area contributed by atoms with Crippen molar-refractivity contribution in [2.75, 3.05) is 20.2 Å². The number of hydrogen-bond donors (Lipinski definition) is 1. The third-order valence-corrected chi connectivity index (χ3v) is 5.85.